The van der Waals surface area contributed by atoms with Crippen molar-refractivity contribution in [1.82, 2.24) is 9.55 Å². The molecule has 5 heteroatoms. The Bertz CT molecular complexity index is 1010. The predicted molar refractivity (Wildman–Crippen MR) is 95.2 cm³/mol. The van der Waals surface area contributed by atoms with E-state index in [2.05, 4.69) is 5.92 Å². The number of benzene rings is 1. The van der Waals surface area contributed by atoms with Crippen LogP contribution >= 0.6 is 22.9 Å². The van der Waals surface area contributed by atoms with E-state index in [-0.39, 0.29) is 12.1 Å². The number of rotatable bonds is 2. The van der Waals surface area contributed by atoms with Gasteiger partial charge < -0.3 is 0 Å². The fraction of sp³-hybridized carbons (Fsp3) is 0.222. The van der Waals surface area contributed by atoms with Gasteiger partial charge in [-0.15, -0.1) is 17.8 Å². The number of halogens is 1. The van der Waals surface area contributed by atoms with Gasteiger partial charge in [-0.2, -0.15) is 0 Å². The van der Waals surface area contributed by atoms with Crippen molar-refractivity contribution in [3.63, 3.8) is 0 Å². The molecule has 1 aliphatic rings. The first kappa shape index (κ1) is 14.5. The molecule has 3 aromatic rings. The Morgan fingerprint density at radius 1 is 1.30 bits per heavy atom. The van der Waals surface area contributed by atoms with Crippen molar-refractivity contribution in [2.75, 3.05) is 0 Å². The van der Waals surface area contributed by atoms with Crippen LogP contribution in [-0.2, 0) is 19.4 Å². The molecule has 2 aromatic heterocycles. The normalized spacial score (nSPS) is 13.2. The second-order valence-electron chi connectivity index (χ2n) is 5.58. The summed E-state index contributed by atoms with van der Waals surface area (Å²) in [5.41, 5.74) is 1.99. The van der Waals surface area contributed by atoms with Gasteiger partial charge in [0.25, 0.3) is 5.56 Å². The van der Waals surface area contributed by atoms with Crippen molar-refractivity contribution < 1.29 is 0 Å². The lowest BCUT2D eigenvalue weighted by Crippen LogP contribution is -2.23. The third-order valence-corrected chi connectivity index (χ3v) is 5.61. The maximum absolute atomic E-state index is 13.0. The molecule has 114 valence electrons. The summed E-state index contributed by atoms with van der Waals surface area (Å²) in [6.45, 7) is 0.213. The number of terminal acetylenes is 1. The topological polar surface area (TPSA) is 34.9 Å². The average Bonchev–Trinajstić information content (AvgIpc) is 3.11. The number of aromatic nitrogens is 2. The molecule has 0 amide bonds. The summed E-state index contributed by atoms with van der Waals surface area (Å²) >= 11 is 7.59. The number of hydrogen-bond donors (Lipinski definition) is 0. The highest BCUT2D eigenvalue weighted by molar-refractivity contribution is 7.18. The van der Waals surface area contributed by atoms with Gasteiger partial charge in [-0.1, -0.05) is 17.5 Å². The summed E-state index contributed by atoms with van der Waals surface area (Å²) in [6, 6.07) is 7.32. The van der Waals surface area contributed by atoms with Crippen LogP contribution in [0.15, 0.2) is 29.1 Å². The van der Waals surface area contributed by atoms with Gasteiger partial charge in [-0.3, -0.25) is 9.36 Å². The summed E-state index contributed by atoms with van der Waals surface area (Å²) in [4.78, 5) is 19.9. The van der Waals surface area contributed by atoms with Crippen LogP contribution in [-0.4, -0.2) is 9.55 Å². The quantitative estimate of drug-likeness (QED) is 0.663. The molecule has 0 saturated heterocycles. The third kappa shape index (κ3) is 2.28. The highest BCUT2D eigenvalue weighted by atomic mass is 35.5. The molecular weight excluding hydrogens is 328 g/mol. The molecule has 0 bridgehead atoms. The minimum atomic E-state index is -0.0303. The summed E-state index contributed by atoms with van der Waals surface area (Å²) in [5.74, 6) is 3.18. The minimum Gasteiger partial charge on any atom is -0.280 e. The van der Waals surface area contributed by atoms with Crippen LogP contribution in [0.25, 0.3) is 21.6 Å². The molecule has 4 rings (SSSR count). The Balaban J connectivity index is 2.04. The first-order valence-electron chi connectivity index (χ1n) is 7.43. The fourth-order valence-corrected chi connectivity index (χ4v) is 4.51. The summed E-state index contributed by atoms with van der Waals surface area (Å²) < 4.78 is 1.59. The lowest BCUT2D eigenvalue weighted by atomic mass is 10.1. The molecule has 23 heavy (non-hydrogen) atoms. The summed E-state index contributed by atoms with van der Waals surface area (Å²) in [7, 11) is 0. The standard InChI is InChI=1S/C18H13ClN2OS/c1-2-10-21-16(11-6-8-12(19)9-7-11)20-17-15(18(21)22)13-4-3-5-14(13)23-17/h1,6-9H,3-5,10H2. The van der Waals surface area contributed by atoms with Crippen LogP contribution in [0.2, 0.25) is 5.02 Å². The number of aryl methyl sites for hydroxylation is 2. The van der Waals surface area contributed by atoms with E-state index in [1.807, 2.05) is 12.1 Å². The molecule has 0 unspecified atom stereocenters. The second-order valence-corrected chi connectivity index (χ2v) is 7.10. The Morgan fingerprint density at radius 3 is 2.83 bits per heavy atom. The molecule has 0 radical (unpaired) electrons. The van der Waals surface area contributed by atoms with Crippen molar-refractivity contribution in [2.45, 2.75) is 25.8 Å². The molecule has 1 aliphatic carbocycles. The van der Waals surface area contributed by atoms with Gasteiger partial charge in [-0.25, -0.2) is 4.98 Å². The van der Waals surface area contributed by atoms with Gasteiger partial charge in [0.15, 0.2) is 0 Å². The predicted octanol–water partition coefficient (Wildman–Crippen LogP) is 3.90. The zero-order chi connectivity index (χ0) is 16.0. The van der Waals surface area contributed by atoms with Gasteiger partial charge in [0.2, 0.25) is 0 Å². The van der Waals surface area contributed by atoms with E-state index in [1.165, 1.54) is 10.4 Å². The van der Waals surface area contributed by atoms with E-state index in [9.17, 15) is 4.79 Å². The van der Waals surface area contributed by atoms with E-state index in [0.29, 0.717) is 10.8 Å². The van der Waals surface area contributed by atoms with Gasteiger partial charge in [-0.05, 0) is 49.1 Å². The van der Waals surface area contributed by atoms with Crippen molar-refractivity contribution in [1.29, 1.82) is 0 Å². The van der Waals surface area contributed by atoms with Crippen LogP contribution in [0.4, 0.5) is 0 Å². The maximum atomic E-state index is 13.0. The first-order chi connectivity index (χ1) is 11.2. The van der Waals surface area contributed by atoms with E-state index in [0.717, 1.165) is 35.0 Å². The number of nitrogens with zero attached hydrogens (tertiary/aromatic N) is 2. The smallest absolute Gasteiger partial charge is 0.263 e. The van der Waals surface area contributed by atoms with Crippen LogP contribution in [0.1, 0.15) is 16.9 Å². The molecule has 2 heterocycles. The van der Waals surface area contributed by atoms with Crippen LogP contribution < -0.4 is 5.56 Å². The first-order valence-corrected chi connectivity index (χ1v) is 8.63. The van der Waals surface area contributed by atoms with Crippen LogP contribution in [0, 0.1) is 12.3 Å². The van der Waals surface area contributed by atoms with E-state index >= 15 is 0 Å². The van der Waals surface area contributed by atoms with Gasteiger partial charge >= 0.3 is 0 Å². The van der Waals surface area contributed by atoms with Crippen molar-refractivity contribution in [3.05, 3.63) is 50.1 Å². The summed E-state index contributed by atoms with van der Waals surface area (Å²) in [5, 5.41) is 1.41. The molecule has 0 spiro atoms. The highest BCUT2D eigenvalue weighted by Gasteiger charge is 2.23. The van der Waals surface area contributed by atoms with Crippen LogP contribution in [0.3, 0.4) is 0 Å². The molecule has 0 N–H and O–H groups in total. The maximum Gasteiger partial charge on any atom is 0.263 e. The van der Waals surface area contributed by atoms with Gasteiger partial charge in [0, 0.05) is 15.5 Å². The van der Waals surface area contributed by atoms with Crippen molar-refractivity contribution in [2.24, 2.45) is 0 Å². The Hall–Kier alpha value is -2.09. The van der Waals surface area contributed by atoms with E-state index in [4.69, 9.17) is 23.0 Å². The van der Waals surface area contributed by atoms with Crippen LogP contribution in [0.5, 0.6) is 0 Å². The number of fused-ring (bicyclic) bond motifs is 3. The second kappa shape index (κ2) is 5.52. The van der Waals surface area contributed by atoms with E-state index < -0.39 is 0 Å². The molecule has 0 aliphatic heterocycles. The summed E-state index contributed by atoms with van der Waals surface area (Å²) in [6.07, 6.45) is 8.60. The monoisotopic (exact) mass is 340 g/mol. The zero-order valence-corrected chi connectivity index (χ0v) is 13.9. The molecular formula is C18H13ClN2OS. The molecule has 1 aromatic carbocycles. The highest BCUT2D eigenvalue weighted by Crippen LogP contribution is 2.35. The number of hydrogen-bond acceptors (Lipinski definition) is 3. The lowest BCUT2D eigenvalue weighted by Gasteiger charge is -2.10. The third-order valence-electron chi connectivity index (χ3n) is 4.18. The molecule has 3 nitrogen and oxygen atoms in total. The fourth-order valence-electron chi connectivity index (χ4n) is 3.13. The SMILES string of the molecule is C#CCn1c(-c2ccc(Cl)cc2)nc2sc3c(c2c1=O)CCC3. The van der Waals surface area contributed by atoms with E-state index in [1.54, 1.807) is 28.0 Å². The molecule has 0 fully saturated rings. The lowest BCUT2D eigenvalue weighted by molar-refractivity contribution is 0.795. The van der Waals surface area contributed by atoms with Gasteiger partial charge in [0.1, 0.15) is 10.7 Å². The Kier molecular flexibility index (Phi) is 3.48. The van der Waals surface area contributed by atoms with Crippen molar-refractivity contribution in [3.8, 4) is 23.7 Å². The Labute approximate surface area is 142 Å². The van der Waals surface area contributed by atoms with Crippen molar-refractivity contribution >= 4 is 33.2 Å². The number of thiophene rings is 1. The molecule has 0 saturated carbocycles. The zero-order valence-electron chi connectivity index (χ0n) is 12.3. The largest absolute Gasteiger partial charge is 0.280 e. The minimum absolute atomic E-state index is 0.0303. The average molecular weight is 341 g/mol. The Morgan fingerprint density at radius 2 is 2.09 bits per heavy atom. The van der Waals surface area contributed by atoms with Gasteiger partial charge in [0.05, 0.1) is 11.9 Å². The molecule has 0 atom stereocenters.